The van der Waals surface area contributed by atoms with Gasteiger partial charge in [-0.1, -0.05) is 30.7 Å². The number of hydrogen-bond acceptors (Lipinski definition) is 2. The van der Waals surface area contributed by atoms with Gasteiger partial charge >= 0.3 is 6.03 Å². The summed E-state index contributed by atoms with van der Waals surface area (Å²) in [6.45, 7) is 3.85. The molecule has 0 aromatic heterocycles. The number of carbonyl (C=O) groups excluding carboxylic acids is 1. The number of benzene rings is 1. The normalized spacial score (nSPS) is 20.1. The molecule has 0 heterocycles. The molecule has 2 rings (SSSR count). The lowest BCUT2D eigenvalue weighted by molar-refractivity contribution is 0.199. The van der Waals surface area contributed by atoms with Gasteiger partial charge in [0.05, 0.1) is 6.04 Å². The molecule has 1 aromatic rings. The zero-order valence-corrected chi connectivity index (χ0v) is 12.6. The molecule has 1 aliphatic carbocycles. The lowest BCUT2D eigenvalue weighted by atomic mass is 10.1. The van der Waals surface area contributed by atoms with E-state index in [-0.39, 0.29) is 30.6 Å². The highest BCUT2D eigenvalue weighted by Gasteiger charge is 2.26. The van der Waals surface area contributed by atoms with Gasteiger partial charge in [-0.2, -0.15) is 0 Å². The summed E-state index contributed by atoms with van der Waals surface area (Å²) in [7, 11) is 0. The number of halogens is 1. The molecule has 3 unspecified atom stereocenters. The Hall–Kier alpha value is -1.26. The van der Waals surface area contributed by atoms with Crippen LogP contribution in [-0.2, 0) is 6.42 Å². The average molecular weight is 297 g/mol. The second-order valence-corrected chi connectivity index (χ2v) is 5.87. The maximum Gasteiger partial charge on any atom is 0.315 e. The van der Waals surface area contributed by atoms with Crippen molar-refractivity contribution in [2.24, 2.45) is 5.92 Å². The van der Waals surface area contributed by atoms with Crippen molar-refractivity contribution < 1.29 is 9.90 Å². The van der Waals surface area contributed by atoms with Crippen LogP contribution in [-0.4, -0.2) is 23.8 Å². The van der Waals surface area contributed by atoms with E-state index in [1.165, 1.54) is 0 Å². The molecule has 0 bridgehead atoms. The molecule has 2 amide bonds. The number of carbonyl (C=O) groups is 1. The number of aliphatic hydroxyl groups excluding tert-OH is 1. The first-order valence-corrected chi connectivity index (χ1v) is 7.36. The third kappa shape index (κ3) is 3.25. The van der Waals surface area contributed by atoms with Crippen LogP contribution in [0.1, 0.15) is 37.4 Å². The number of amides is 2. The molecule has 3 N–H and O–H groups in total. The molecule has 1 aliphatic rings. The first-order valence-electron chi connectivity index (χ1n) is 6.98. The van der Waals surface area contributed by atoms with Gasteiger partial charge in [0, 0.05) is 17.7 Å². The van der Waals surface area contributed by atoms with Gasteiger partial charge in [0.15, 0.2) is 0 Å². The summed E-state index contributed by atoms with van der Waals surface area (Å²) in [5, 5.41) is 15.7. The van der Waals surface area contributed by atoms with Crippen molar-refractivity contribution in [3.05, 3.63) is 34.3 Å². The highest BCUT2D eigenvalue weighted by molar-refractivity contribution is 6.31. The zero-order valence-electron chi connectivity index (χ0n) is 11.8. The number of fused-ring (bicyclic) bond motifs is 1. The van der Waals surface area contributed by atoms with Crippen LogP contribution in [0.25, 0.3) is 0 Å². The number of hydrogen-bond donors (Lipinski definition) is 3. The van der Waals surface area contributed by atoms with Crippen molar-refractivity contribution in [3.63, 3.8) is 0 Å². The standard InChI is InChI=1S/C15H21ClN2O2/c1-9(8-19)10(2)17-15(20)18-14-7-6-11-12(14)4-3-5-13(11)16/h3-5,9-10,14,19H,6-8H2,1-2H3,(H2,17,18,20). The van der Waals surface area contributed by atoms with Gasteiger partial charge < -0.3 is 15.7 Å². The van der Waals surface area contributed by atoms with Crippen molar-refractivity contribution in [2.45, 2.75) is 38.8 Å². The van der Waals surface area contributed by atoms with Gasteiger partial charge in [-0.05, 0) is 42.9 Å². The van der Waals surface area contributed by atoms with Crippen LogP contribution < -0.4 is 10.6 Å². The first-order chi connectivity index (χ1) is 9.52. The summed E-state index contributed by atoms with van der Waals surface area (Å²) in [6, 6.07) is 5.55. The van der Waals surface area contributed by atoms with Crippen LogP contribution in [0.4, 0.5) is 4.79 Å². The highest BCUT2D eigenvalue weighted by Crippen LogP contribution is 2.35. The van der Waals surface area contributed by atoms with Crippen LogP contribution in [0.5, 0.6) is 0 Å². The Morgan fingerprint density at radius 3 is 2.95 bits per heavy atom. The van der Waals surface area contributed by atoms with Gasteiger partial charge in [0.25, 0.3) is 0 Å². The fraction of sp³-hybridized carbons (Fsp3) is 0.533. The monoisotopic (exact) mass is 296 g/mol. The minimum Gasteiger partial charge on any atom is -0.396 e. The zero-order chi connectivity index (χ0) is 14.7. The van der Waals surface area contributed by atoms with Crippen molar-refractivity contribution in [2.75, 3.05) is 6.61 Å². The molecule has 4 nitrogen and oxygen atoms in total. The van der Waals surface area contributed by atoms with Gasteiger partial charge in [-0.3, -0.25) is 0 Å². The second kappa shape index (κ2) is 6.46. The van der Waals surface area contributed by atoms with E-state index in [9.17, 15) is 4.79 Å². The Balaban J connectivity index is 1.96. The smallest absolute Gasteiger partial charge is 0.315 e. The predicted octanol–water partition coefficient (Wildman–Crippen LogP) is 2.64. The molecular weight excluding hydrogens is 276 g/mol. The Labute approximate surface area is 124 Å². The lowest BCUT2D eigenvalue weighted by Crippen LogP contribution is -2.45. The van der Waals surface area contributed by atoms with Crippen molar-refractivity contribution >= 4 is 17.6 Å². The van der Waals surface area contributed by atoms with Crippen molar-refractivity contribution in [1.82, 2.24) is 10.6 Å². The Morgan fingerprint density at radius 1 is 1.50 bits per heavy atom. The Bertz CT molecular complexity index is 493. The molecule has 110 valence electrons. The molecule has 0 fully saturated rings. The molecule has 0 aliphatic heterocycles. The molecular formula is C15H21ClN2O2. The fourth-order valence-corrected chi connectivity index (χ4v) is 2.74. The second-order valence-electron chi connectivity index (χ2n) is 5.47. The molecule has 0 saturated heterocycles. The van der Waals surface area contributed by atoms with Crippen LogP contribution in [0, 0.1) is 5.92 Å². The largest absolute Gasteiger partial charge is 0.396 e. The SMILES string of the molecule is CC(CO)C(C)NC(=O)NC1CCc2c(Cl)cccc21. The minimum atomic E-state index is -0.198. The van der Waals surface area contributed by atoms with E-state index in [0.717, 1.165) is 29.0 Å². The molecule has 3 atom stereocenters. The maximum absolute atomic E-state index is 12.0. The summed E-state index contributed by atoms with van der Waals surface area (Å²) >= 11 is 6.16. The molecule has 0 saturated carbocycles. The van der Waals surface area contributed by atoms with Gasteiger partial charge in [-0.15, -0.1) is 0 Å². The van der Waals surface area contributed by atoms with E-state index in [0.29, 0.717) is 0 Å². The van der Waals surface area contributed by atoms with E-state index in [1.807, 2.05) is 32.0 Å². The summed E-state index contributed by atoms with van der Waals surface area (Å²) in [5.41, 5.74) is 2.24. The van der Waals surface area contributed by atoms with Crippen LogP contribution in [0.2, 0.25) is 5.02 Å². The predicted molar refractivity (Wildman–Crippen MR) is 79.9 cm³/mol. The molecule has 5 heteroatoms. The van der Waals surface area contributed by atoms with E-state index < -0.39 is 0 Å². The summed E-state index contributed by atoms with van der Waals surface area (Å²) < 4.78 is 0. The van der Waals surface area contributed by atoms with Gasteiger partial charge in [0.1, 0.15) is 0 Å². The highest BCUT2D eigenvalue weighted by atomic mass is 35.5. The van der Waals surface area contributed by atoms with Gasteiger partial charge in [0.2, 0.25) is 0 Å². The molecule has 0 radical (unpaired) electrons. The minimum absolute atomic E-state index is 0.0142. The van der Waals surface area contributed by atoms with E-state index in [4.69, 9.17) is 16.7 Å². The number of rotatable bonds is 4. The van der Waals surface area contributed by atoms with Crippen LogP contribution >= 0.6 is 11.6 Å². The molecule has 1 aromatic carbocycles. The van der Waals surface area contributed by atoms with E-state index >= 15 is 0 Å². The first kappa shape index (κ1) is 15.1. The lowest BCUT2D eigenvalue weighted by Gasteiger charge is -2.21. The van der Waals surface area contributed by atoms with Crippen LogP contribution in [0.15, 0.2) is 18.2 Å². The van der Waals surface area contributed by atoms with Crippen molar-refractivity contribution in [1.29, 1.82) is 0 Å². The van der Waals surface area contributed by atoms with Gasteiger partial charge in [-0.25, -0.2) is 4.79 Å². The molecule has 20 heavy (non-hydrogen) atoms. The fourth-order valence-electron chi connectivity index (χ4n) is 2.47. The molecule has 0 spiro atoms. The maximum atomic E-state index is 12.0. The average Bonchev–Trinajstić information content (AvgIpc) is 2.82. The van der Waals surface area contributed by atoms with Crippen LogP contribution in [0.3, 0.4) is 0 Å². The van der Waals surface area contributed by atoms with Crippen molar-refractivity contribution in [3.8, 4) is 0 Å². The number of urea groups is 1. The summed E-state index contributed by atoms with van der Waals surface area (Å²) in [4.78, 5) is 12.0. The number of aliphatic hydroxyl groups is 1. The third-order valence-electron chi connectivity index (χ3n) is 4.02. The Morgan fingerprint density at radius 2 is 2.25 bits per heavy atom. The quantitative estimate of drug-likeness (QED) is 0.800. The van der Waals surface area contributed by atoms with E-state index in [1.54, 1.807) is 0 Å². The Kier molecular flexibility index (Phi) is 4.89. The third-order valence-corrected chi connectivity index (χ3v) is 4.37. The summed E-state index contributed by atoms with van der Waals surface area (Å²) in [5.74, 6) is 0.0334. The topological polar surface area (TPSA) is 61.4 Å². The summed E-state index contributed by atoms with van der Waals surface area (Å²) in [6.07, 6.45) is 1.76. The van der Waals surface area contributed by atoms with E-state index in [2.05, 4.69) is 10.6 Å². The number of nitrogens with one attached hydrogen (secondary N) is 2.